The first-order valence-electron chi connectivity index (χ1n) is 4.91. The lowest BCUT2D eigenvalue weighted by molar-refractivity contribution is -0.136. The highest BCUT2D eigenvalue weighted by molar-refractivity contribution is 5.77. The first kappa shape index (κ1) is 10.5. The van der Waals surface area contributed by atoms with Crippen molar-refractivity contribution in [3.63, 3.8) is 0 Å². The minimum atomic E-state index is 0.120. The summed E-state index contributed by atoms with van der Waals surface area (Å²) in [7, 11) is 0. The van der Waals surface area contributed by atoms with Crippen LogP contribution in [0.15, 0.2) is 0 Å². The molecule has 1 saturated heterocycles. The molecule has 13 heavy (non-hydrogen) atoms. The number of nitrogens with zero attached hydrogens (tertiary/aromatic N) is 1. The normalized spacial score (nSPS) is 17.5. The van der Waals surface area contributed by atoms with Gasteiger partial charge in [0.25, 0.3) is 0 Å². The Kier molecular flexibility index (Phi) is 4.78. The summed E-state index contributed by atoms with van der Waals surface area (Å²) in [4.78, 5) is 13.3. The number of piperazine rings is 1. The molecule has 0 spiro atoms. The summed E-state index contributed by atoms with van der Waals surface area (Å²) in [5.74, 6) is 0.120. The van der Waals surface area contributed by atoms with Crippen molar-refractivity contribution in [1.82, 2.24) is 10.2 Å². The molecular formula is C9H18N2O2. The first-order chi connectivity index (χ1) is 6.34. The SMILES string of the molecule is CCCOCC(=O)N1CCNCC1. The van der Waals surface area contributed by atoms with Gasteiger partial charge in [0.1, 0.15) is 6.61 Å². The van der Waals surface area contributed by atoms with E-state index in [9.17, 15) is 4.79 Å². The van der Waals surface area contributed by atoms with Crippen LogP contribution in [0.2, 0.25) is 0 Å². The maximum Gasteiger partial charge on any atom is 0.248 e. The number of amides is 1. The van der Waals surface area contributed by atoms with Gasteiger partial charge < -0.3 is 15.0 Å². The number of hydrogen-bond donors (Lipinski definition) is 1. The van der Waals surface area contributed by atoms with Crippen molar-refractivity contribution in [2.45, 2.75) is 13.3 Å². The molecule has 0 saturated carbocycles. The zero-order chi connectivity index (χ0) is 9.52. The molecule has 1 heterocycles. The molecule has 1 amide bonds. The van der Waals surface area contributed by atoms with E-state index in [-0.39, 0.29) is 12.5 Å². The van der Waals surface area contributed by atoms with Crippen molar-refractivity contribution in [2.24, 2.45) is 0 Å². The Morgan fingerprint density at radius 2 is 2.15 bits per heavy atom. The summed E-state index contributed by atoms with van der Waals surface area (Å²) in [6, 6.07) is 0. The number of nitrogens with one attached hydrogen (secondary N) is 1. The van der Waals surface area contributed by atoms with Gasteiger partial charge in [-0.25, -0.2) is 0 Å². The van der Waals surface area contributed by atoms with Gasteiger partial charge in [-0.05, 0) is 6.42 Å². The van der Waals surface area contributed by atoms with Crippen LogP contribution in [0, 0.1) is 0 Å². The van der Waals surface area contributed by atoms with E-state index in [1.54, 1.807) is 0 Å². The van der Waals surface area contributed by atoms with Crippen molar-refractivity contribution in [3.8, 4) is 0 Å². The van der Waals surface area contributed by atoms with Gasteiger partial charge in [-0.15, -0.1) is 0 Å². The highest BCUT2D eigenvalue weighted by Gasteiger charge is 2.15. The van der Waals surface area contributed by atoms with Crippen molar-refractivity contribution in [2.75, 3.05) is 39.4 Å². The smallest absolute Gasteiger partial charge is 0.248 e. The fourth-order valence-electron chi connectivity index (χ4n) is 1.31. The zero-order valence-corrected chi connectivity index (χ0v) is 8.21. The number of hydrogen-bond acceptors (Lipinski definition) is 3. The Labute approximate surface area is 79.2 Å². The topological polar surface area (TPSA) is 41.6 Å². The molecule has 0 radical (unpaired) electrons. The largest absolute Gasteiger partial charge is 0.372 e. The quantitative estimate of drug-likeness (QED) is 0.621. The number of carbonyl (C=O) groups is 1. The van der Waals surface area contributed by atoms with Crippen LogP contribution in [0.25, 0.3) is 0 Å². The second-order valence-corrected chi connectivity index (χ2v) is 3.18. The first-order valence-corrected chi connectivity index (χ1v) is 4.91. The number of carbonyl (C=O) groups excluding carboxylic acids is 1. The number of rotatable bonds is 4. The average Bonchev–Trinajstić information content (AvgIpc) is 2.19. The molecule has 1 aliphatic heterocycles. The second-order valence-electron chi connectivity index (χ2n) is 3.18. The lowest BCUT2D eigenvalue weighted by atomic mass is 10.3. The van der Waals surface area contributed by atoms with Crippen LogP contribution in [-0.4, -0.2) is 50.2 Å². The maximum atomic E-state index is 11.4. The summed E-state index contributed by atoms with van der Waals surface area (Å²) in [5.41, 5.74) is 0. The van der Waals surface area contributed by atoms with Gasteiger partial charge in [-0.3, -0.25) is 4.79 Å². The zero-order valence-electron chi connectivity index (χ0n) is 8.21. The Morgan fingerprint density at radius 3 is 2.77 bits per heavy atom. The summed E-state index contributed by atoms with van der Waals surface area (Å²) in [5, 5.41) is 3.20. The van der Waals surface area contributed by atoms with Gasteiger partial charge in [0.05, 0.1) is 0 Å². The third kappa shape index (κ3) is 3.74. The molecule has 0 bridgehead atoms. The highest BCUT2D eigenvalue weighted by Crippen LogP contribution is 1.94. The van der Waals surface area contributed by atoms with Crippen molar-refractivity contribution < 1.29 is 9.53 Å². The fraction of sp³-hybridized carbons (Fsp3) is 0.889. The van der Waals surface area contributed by atoms with Crippen molar-refractivity contribution in [1.29, 1.82) is 0 Å². The minimum absolute atomic E-state index is 0.120. The van der Waals surface area contributed by atoms with Crippen LogP contribution < -0.4 is 5.32 Å². The van der Waals surface area contributed by atoms with Crippen LogP contribution in [0.3, 0.4) is 0 Å². The van der Waals surface area contributed by atoms with Gasteiger partial charge in [0, 0.05) is 32.8 Å². The molecule has 1 N–H and O–H groups in total. The van der Waals surface area contributed by atoms with Crippen LogP contribution in [0.1, 0.15) is 13.3 Å². The van der Waals surface area contributed by atoms with Crippen LogP contribution in [-0.2, 0) is 9.53 Å². The average molecular weight is 186 g/mol. The van der Waals surface area contributed by atoms with Gasteiger partial charge in [-0.1, -0.05) is 6.92 Å². The van der Waals surface area contributed by atoms with Crippen LogP contribution in [0.5, 0.6) is 0 Å². The maximum absolute atomic E-state index is 11.4. The van der Waals surface area contributed by atoms with Gasteiger partial charge >= 0.3 is 0 Å². The third-order valence-electron chi connectivity index (χ3n) is 2.04. The van der Waals surface area contributed by atoms with E-state index >= 15 is 0 Å². The predicted molar refractivity (Wildman–Crippen MR) is 50.6 cm³/mol. The molecule has 4 nitrogen and oxygen atoms in total. The molecule has 4 heteroatoms. The van der Waals surface area contributed by atoms with Crippen LogP contribution in [0.4, 0.5) is 0 Å². The molecular weight excluding hydrogens is 168 g/mol. The van der Waals surface area contributed by atoms with Crippen molar-refractivity contribution >= 4 is 5.91 Å². The molecule has 1 aliphatic rings. The molecule has 0 atom stereocenters. The van der Waals surface area contributed by atoms with E-state index in [0.717, 1.165) is 32.6 Å². The van der Waals surface area contributed by atoms with Crippen molar-refractivity contribution in [3.05, 3.63) is 0 Å². The number of ether oxygens (including phenoxy) is 1. The molecule has 0 unspecified atom stereocenters. The van der Waals surface area contributed by atoms with E-state index < -0.39 is 0 Å². The molecule has 0 aliphatic carbocycles. The highest BCUT2D eigenvalue weighted by atomic mass is 16.5. The van der Waals surface area contributed by atoms with Gasteiger partial charge in [0.15, 0.2) is 0 Å². The Bertz CT molecular complexity index is 156. The predicted octanol–water partition coefficient (Wildman–Crippen LogP) is -0.155. The van der Waals surface area contributed by atoms with E-state index in [4.69, 9.17) is 4.74 Å². The molecule has 1 rings (SSSR count). The Balaban J connectivity index is 2.13. The molecule has 0 aromatic rings. The van der Waals surface area contributed by atoms with E-state index in [2.05, 4.69) is 5.32 Å². The monoisotopic (exact) mass is 186 g/mol. The van der Waals surface area contributed by atoms with Gasteiger partial charge in [-0.2, -0.15) is 0 Å². The Morgan fingerprint density at radius 1 is 1.46 bits per heavy atom. The van der Waals surface area contributed by atoms with E-state index in [1.807, 2.05) is 11.8 Å². The van der Waals surface area contributed by atoms with E-state index in [0.29, 0.717) is 6.61 Å². The molecule has 0 aromatic heterocycles. The minimum Gasteiger partial charge on any atom is -0.372 e. The summed E-state index contributed by atoms with van der Waals surface area (Å²) in [6.07, 6.45) is 0.967. The molecule has 76 valence electrons. The standard InChI is InChI=1S/C9H18N2O2/c1-2-7-13-8-9(12)11-5-3-10-4-6-11/h10H,2-8H2,1H3. The summed E-state index contributed by atoms with van der Waals surface area (Å²) >= 11 is 0. The second kappa shape index (κ2) is 5.94. The van der Waals surface area contributed by atoms with E-state index in [1.165, 1.54) is 0 Å². The van der Waals surface area contributed by atoms with Gasteiger partial charge in [0.2, 0.25) is 5.91 Å². The fourth-order valence-corrected chi connectivity index (χ4v) is 1.31. The Hall–Kier alpha value is -0.610. The summed E-state index contributed by atoms with van der Waals surface area (Å²) in [6.45, 7) is 6.39. The molecule has 0 aromatic carbocycles. The lowest BCUT2D eigenvalue weighted by Gasteiger charge is -2.27. The molecule has 1 fully saturated rings. The summed E-state index contributed by atoms with van der Waals surface area (Å²) < 4.78 is 5.19. The third-order valence-corrected chi connectivity index (χ3v) is 2.04. The van der Waals surface area contributed by atoms with Crippen LogP contribution >= 0.6 is 0 Å². The lowest BCUT2D eigenvalue weighted by Crippen LogP contribution is -2.47.